The Balaban J connectivity index is 1.24. The Morgan fingerprint density at radius 3 is 2.47 bits per heavy atom. The van der Waals surface area contributed by atoms with Gasteiger partial charge in [-0.1, -0.05) is 31.2 Å². The van der Waals surface area contributed by atoms with Crippen molar-refractivity contribution in [3.8, 4) is 0 Å². The molecule has 0 aliphatic heterocycles. The number of aromatic nitrogens is 3. The van der Waals surface area contributed by atoms with E-state index in [1.807, 2.05) is 35.9 Å². The molecule has 0 saturated heterocycles. The van der Waals surface area contributed by atoms with E-state index in [4.69, 9.17) is 0 Å². The molecular weight excluding hydrogens is 446 g/mol. The molecule has 5 heteroatoms. The van der Waals surface area contributed by atoms with Gasteiger partial charge in [0.15, 0.2) is 5.78 Å². The minimum Gasteiger partial charge on any atom is -0.390 e. The van der Waals surface area contributed by atoms with Crippen LogP contribution in [0.3, 0.4) is 0 Å². The van der Waals surface area contributed by atoms with E-state index in [9.17, 15) is 9.90 Å². The van der Waals surface area contributed by atoms with Crippen molar-refractivity contribution in [3.05, 3.63) is 24.3 Å². The molecule has 2 aromatic rings. The van der Waals surface area contributed by atoms with Crippen molar-refractivity contribution < 1.29 is 9.90 Å². The van der Waals surface area contributed by atoms with E-state index < -0.39 is 5.60 Å². The van der Waals surface area contributed by atoms with Crippen molar-refractivity contribution in [2.45, 2.75) is 110 Å². The van der Waals surface area contributed by atoms with Gasteiger partial charge in [-0.05, 0) is 131 Å². The SMILES string of the molecule is C[C@H](C(=O)[C@H]1CC[C@H]2CC[C@H]3CC[C@H]4C[C@](C)(O)CC[C@]4(C)[C@H]3CC[C@@]21C)n1nnc2ccccc21. The number of para-hydroxylation sites is 1. The summed E-state index contributed by atoms with van der Waals surface area (Å²) < 4.78 is 1.86. The first-order chi connectivity index (χ1) is 17.1. The zero-order chi connectivity index (χ0) is 25.3. The Bertz CT molecular complexity index is 1140. The van der Waals surface area contributed by atoms with Crippen molar-refractivity contribution in [2.75, 3.05) is 0 Å². The number of hydrogen-bond donors (Lipinski definition) is 1. The van der Waals surface area contributed by atoms with Crippen molar-refractivity contribution >= 4 is 16.8 Å². The summed E-state index contributed by atoms with van der Waals surface area (Å²) in [7, 11) is 0. The van der Waals surface area contributed by atoms with E-state index in [0.717, 1.165) is 48.6 Å². The molecule has 4 fully saturated rings. The van der Waals surface area contributed by atoms with Crippen molar-refractivity contribution in [1.29, 1.82) is 0 Å². The minimum absolute atomic E-state index is 0.0795. The summed E-state index contributed by atoms with van der Waals surface area (Å²) in [5.41, 5.74) is 1.75. The Kier molecular flexibility index (Phi) is 5.90. The van der Waals surface area contributed by atoms with Gasteiger partial charge in [0.25, 0.3) is 0 Å². The number of nitrogens with zero attached hydrogens (tertiary/aromatic N) is 3. The molecule has 0 amide bonds. The largest absolute Gasteiger partial charge is 0.390 e. The van der Waals surface area contributed by atoms with E-state index in [2.05, 4.69) is 31.1 Å². The zero-order valence-corrected chi connectivity index (χ0v) is 22.7. The number of hydrogen-bond acceptors (Lipinski definition) is 4. The lowest BCUT2D eigenvalue weighted by atomic mass is 9.48. The quantitative estimate of drug-likeness (QED) is 0.515. The highest BCUT2D eigenvalue weighted by Crippen LogP contribution is 2.63. The molecule has 1 aromatic carbocycles. The fourth-order valence-electron chi connectivity index (χ4n) is 9.69. The fraction of sp³-hybridized carbons (Fsp3) is 0.774. The molecule has 1 aromatic heterocycles. The second kappa shape index (κ2) is 8.64. The second-order valence-corrected chi connectivity index (χ2v) is 13.9. The monoisotopic (exact) mass is 491 g/mol. The van der Waals surface area contributed by atoms with Gasteiger partial charge in [-0.15, -0.1) is 5.10 Å². The average molecular weight is 492 g/mol. The minimum atomic E-state index is -0.486. The first-order valence-corrected chi connectivity index (χ1v) is 14.7. The van der Waals surface area contributed by atoms with E-state index >= 15 is 0 Å². The first kappa shape index (κ1) is 24.6. The predicted octanol–water partition coefficient (Wildman–Crippen LogP) is 6.75. The standard InChI is InChI=1S/C31H45N3O2/c1-20(34-27-8-6-5-7-26(27)32-33-34)28(35)25-14-13-22-11-9-21-10-12-23-19-29(2,36)17-18-31(23,4)24(21)15-16-30(22,25)3/h5-8,20-25,36H,9-19H2,1-4H3/t20-,21+,22-,23+,24+,25-,29-,30+,31+/m1/s1. The van der Waals surface area contributed by atoms with Crippen molar-refractivity contribution in [2.24, 2.45) is 40.4 Å². The van der Waals surface area contributed by atoms with Gasteiger partial charge in [0.05, 0.1) is 11.1 Å². The number of Topliss-reactive ketones (excluding diaryl/α,β-unsaturated/α-hetero) is 1. The lowest BCUT2D eigenvalue weighted by Crippen LogP contribution is -2.52. The van der Waals surface area contributed by atoms with Crippen molar-refractivity contribution in [1.82, 2.24) is 15.0 Å². The summed E-state index contributed by atoms with van der Waals surface area (Å²) >= 11 is 0. The summed E-state index contributed by atoms with van der Waals surface area (Å²) in [5, 5.41) is 19.5. The number of aliphatic hydroxyl groups is 1. The highest BCUT2D eigenvalue weighted by Gasteiger charge is 2.56. The van der Waals surface area contributed by atoms with Gasteiger partial charge >= 0.3 is 0 Å². The molecule has 0 bridgehead atoms. The maximum atomic E-state index is 14.1. The Hall–Kier alpha value is -1.75. The topological polar surface area (TPSA) is 68.0 Å². The molecule has 4 aliphatic rings. The van der Waals surface area contributed by atoms with Crippen molar-refractivity contribution in [3.63, 3.8) is 0 Å². The molecule has 6 rings (SSSR count). The van der Waals surface area contributed by atoms with E-state index in [1.54, 1.807) is 0 Å². The van der Waals surface area contributed by atoms with E-state index in [-0.39, 0.29) is 17.4 Å². The van der Waals surface area contributed by atoms with Crippen LogP contribution in [-0.2, 0) is 4.79 Å². The molecule has 0 radical (unpaired) electrons. The third kappa shape index (κ3) is 3.78. The number of benzene rings is 1. The molecule has 1 heterocycles. The molecule has 196 valence electrons. The first-order valence-electron chi connectivity index (χ1n) is 14.7. The van der Waals surface area contributed by atoms with Gasteiger partial charge in [-0.2, -0.15) is 0 Å². The summed E-state index contributed by atoms with van der Waals surface area (Å²) in [6, 6.07) is 7.68. The van der Waals surface area contributed by atoms with Gasteiger partial charge in [0.1, 0.15) is 11.6 Å². The highest BCUT2D eigenvalue weighted by molar-refractivity contribution is 5.87. The van der Waals surface area contributed by atoms with Gasteiger partial charge in [0, 0.05) is 5.92 Å². The predicted molar refractivity (Wildman–Crippen MR) is 142 cm³/mol. The van der Waals surface area contributed by atoms with Crippen LogP contribution in [0.5, 0.6) is 0 Å². The second-order valence-electron chi connectivity index (χ2n) is 13.9. The molecule has 0 unspecified atom stereocenters. The van der Waals surface area contributed by atoms with Crippen LogP contribution in [0.4, 0.5) is 0 Å². The van der Waals surface area contributed by atoms with Gasteiger partial charge in [-0.25, -0.2) is 4.68 Å². The third-order valence-electron chi connectivity index (χ3n) is 12.0. The van der Waals surface area contributed by atoms with Crippen LogP contribution < -0.4 is 0 Å². The zero-order valence-electron chi connectivity index (χ0n) is 22.7. The van der Waals surface area contributed by atoms with E-state index in [1.165, 1.54) is 44.9 Å². The Labute approximate surface area is 216 Å². The molecule has 5 nitrogen and oxygen atoms in total. The average Bonchev–Trinajstić information content (AvgIpc) is 3.41. The maximum Gasteiger partial charge on any atom is 0.160 e. The van der Waals surface area contributed by atoms with Crippen LogP contribution in [0.1, 0.15) is 104 Å². The summed E-state index contributed by atoms with van der Waals surface area (Å²) in [6.45, 7) is 9.09. The van der Waals surface area contributed by atoms with Crippen LogP contribution in [-0.4, -0.2) is 31.5 Å². The maximum absolute atomic E-state index is 14.1. The van der Waals surface area contributed by atoms with Crippen LogP contribution in [0, 0.1) is 40.4 Å². The number of rotatable bonds is 3. The molecule has 4 saturated carbocycles. The lowest BCUT2D eigenvalue weighted by molar-refractivity contribution is -0.133. The Morgan fingerprint density at radius 1 is 0.944 bits per heavy atom. The molecule has 1 N–H and O–H groups in total. The van der Waals surface area contributed by atoms with Crippen LogP contribution in [0.15, 0.2) is 24.3 Å². The van der Waals surface area contributed by atoms with Crippen LogP contribution in [0.2, 0.25) is 0 Å². The fourth-order valence-corrected chi connectivity index (χ4v) is 9.69. The number of ketones is 1. The molecule has 9 atom stereocenters. The summed E-state index contributed by atoms with van der Waals surface area (Å²) in [4.78, 5) is 14.1. The molecular formula is C31H45N3O2. The third-order valence-corrected chi connectivity index (χ3v) is 12.0. The van der Waals surface area contributed by atoms with Gasteiger partial charge in [-0.3, -0.25) is 4.79 Å². The number of carbonyl (C=O) groups excluding carboxylic acids is 1. The number of fused-ring (bicyclic) bond motifs is 5. The molecule has 0 spiro atoms. The highest BCUT2D eigenvalue weighted by atomic mass is 16.3. The Morgan fingerprint density at radius 2 is 1.67 bits per heavy atom. The molecule has 4 aliphatic carbocycles. The van der Waals surface area contributed by atoms with Crippen LogP contribution in [0.25, 0.3) is 11.0 Å². The molecule has 36 heavy (non-hydrogen) atoms. The van der Waals surface area contributed by atoms with Crippen LogP contribution >= 0.6 is 0 Å². The van der Waals surface area contributed by atoms with Gasteiger partial charge < -0.3 is 5.11 Å². The smallest absolute Gasteiger partial charge is 0.160 e. The number of carbonyl (C=O) groups is 1. The summed E-state index contributed by atoms with van der Waals surface area (Å²) in [6.07, 6.45) is 12.9. The summed E-state index contributed by atoms with van der Waals surface area (Å²) in [5.74, 6) is 3.33. The normalized spacial score (nSPS) is 43.6. The van der Waals surface area contributed by atoms with Gasteiger partial charge in [0.2, 0.25) is 0 Å². The lowest BCUT2D eigenvalue weighted by Gasteiger charge is -2.58. The van der Waals surface area contributed by atoms with E-state index in [0.29, 0.717) is 23.0 Å².